The third kappa shape index (κ3) is 15.9. The molecule has 6 saturated heterocycles. The number of ether oxygens (including phenoxy) is 11. The third-order valence-corrected chi connectivity index (χ3v) is 15.3. The number of aliphatic hydroxyl groups is 17. The molecule has 23 N–H and O–H groups in total. The molecule has 6 rings (SSSR count). The second-order valence-corrected chi connectivity index (χ2v) is 21.3. The molecule has 0 spiro atoms. The van der Waals surface area contributed by atoms with E-state index in [1.165, 1.54) is 7.05 Å². The van der Waals surface area contributed by atoms with Crippen LogP contribution in [0.2, 0.25) is 0 Å². The van der Waals surface area contributed by atoms with E-state index in [1.807, 2.05) is 0 Å². The monoisotopic (exact) mass is 1220 g/mol. The number of amides is 3. The standard InChI is InChI=1S/C43H77N4O34P/c1-12(54)47-21-36(80-41-31(64)28(61)23(56)14(6-49)74-41)34(18(10-53)75-39(21)81-37-25(58)15(7-50)71-19(26(37)59)11-70-82(67,68)69-4-3-46-43(66)45-2)78-42-32(65)29(62)33(17(9-52)76-42)77-38-20(44)35(24(57)16(8-51)72-38)79-40-30(63)27(60)22(55)13(5-48)73-40/h13-42,48-53,55-65H,3-11,44H2,1-2H3,(H,47,54)(H,67,68)(H2,45,46,66)/t13?,14?,15?,16?,17?,18?,19-,20?,21?,22-,23-,24+,25-,26?,27?,28?,29?,30?,31?,32+,33-,34+,35?,36?,37?,38+,39+,40+,41+,42-/m1/s1. The fourth-order valence-corrected chi connectivity index (χ4v) is 10.5. The van der Waals surface area contributed by atoms with Crippen LogP contribution in [-0.2, 0) is 70.5 Å². The highest BCUT2D eigenvalue weighted by Gasteiger charge is 2.59. The van der Waals surface area contributed by atoms with Gasteiger partial charge < -0.3 is 165 Å². The number of aliphatic hydroxyl groups excluding tert-OH is 17. The smallest absolute Gasteiger partial charge is 0.394 e. The number of phosphoric acid groups is 1. The highest BCUT2D eigenvalue weighted by Crippen LogP contribution is 2.44. The lowest BCUT2D eigenvalue weighted by Gasteiger charge is -2.52. The van der Waals surface area contributed by atoms with Gasteiger partial charge >= 0.3 is 13.9 Å². The average Bonchev–Trinajstić information content (AvgIpc) is 2.57. The van der Waals surface area contributed by atoms with Gasteiger partial charge in [0.1, 0.15) is 146 Å². The molecule has 0 radical (unpaired) electrons. The summed E-state index contributed by atoms with van der Waals surface area (Å²) < 4.78 is 86.6. The number of hydrogen-bond donors (Lipinski definition) is 22. The number of urea groups is 1. The molecule has 3 amide bonds. The molecule has 82 heavy (non-hydrogen) atoms. The Morgan fingerprint density at radius 2 is 0.866 bits per heavy atom. The lowest BCUT2D eigenvalue weighted by molar-refractivity contribution is -0.390. The van der Waals surface area contributed by atoms with Crippen molar-refractivity contribution >= 4 is 19.8 Å². The summed E-state index contributed by atoms with van der Waals surface area (Å²) in [5.74, 6) is -0.938. The fourth-order valence-electron chi connectivity index (χ4n) is 9.81. The molecule has 6 aliphatic rings. The molecular weight excluding hydrogens is 1150 g/mol. The van der Waals surface area contributed by atoms with Crippen LogP contribution >= 0.6 is 7.82 Å². The van der Waals surface area contributed by atoms with Crippen molar-refractivity contribution in [2.75, 3.05) is 66.4 Å². The van der Waals surface area contributed by atoms with Gasteiger partial charge in [0.15, 0.2) is 31.5 Å². The predicted molar refractivity (Wildman–Crippen MR) is 255 cm³/mol. The van der Waals surface area contributed by atoms with E-state index in [0.717, 1.165) is 6.92 Å². The van der Waals surface area contributed by atoms with Gasteiger partial charge in [-0.3, -0.25) is 13.8 Å². The molecule has 31 atom stereocenters. The van der Waals surface area contributed by atoms with Gasteiger partial charge in [0, 0.05) is 20.5 Å². The van der Waals surface area contributed by atoms with Crippen LogP contribution in [0.15, 0.2) is 0 Å². The van der Waals surface area contributed by atoms with E-state index in [-0.39, 0.29) is 6.54 Å². The molecule has 6 aliphatic heterocycles. The molecule has 38 nitrogen and oxygen atoms in total. The van der Waals surface area contributed by atoms with Gasteiger partial charge in [0.2, 0.25) is 5.91 Å². The van der Waals surface area contributed by atoms with E-state index in [4.69, 9.17) is 66.9 Å². The first-order valence-corrected chi connectivity index (χ1v) is 27.2. The highest BCUT2D eigenvalue weighted by molar-refractivity contribution is 7.47. The Kier molecular flexibility index (Phi) is 25.6. The molecule has 0 aromatic heterocycles. The maximum atomic E-state index is 13.1. The van der Waals surface area contributed by atoms with Crippen molar-refractivity contribution in [1.29, 1.82) is 0 Å². The number of rotatable bonds is 24. The largest absolute Gasteiger partial charge is 0.472 e. The molecule has 6 heterocycles. The first-order chi connectivity index (χ1) is 38.8. The summed E-state index contributed by atoms with van der Waals surface area (Å²) in [6.07, 6.45) is -54.2. The molecule has 6 fully saturated rings. The molecule has 0 aromatic rings. The third-order valence-electron chi connectivity index (χ3n) is 14.3. The zero-order valence-corrected chi connectivity index (χ0v) is 44.7. The van der Waals surface area contributed by atoms with Crippen molar-refractivity contribution in [3.63, 3.8) is 0 Å². The van der Waals surface area contributed by atoms with E-state index in [9.17, 15) is 106 Å². The van der Waals surface area contributed by atoms with Crippen LogP contribution < -0.4 is 21.7 Å². The Bertz CT molecular complexity index is 2030. The van der Waals surface area contributed by atoms with Crippen molar-refractivity contribution in [1.82, 2.24) is 16.0 Å². The summed E-state index contributed by atoms with van der Waals surface area (Å²) in [4.78, 5) is 34.8. The Morgan fingerprint density at radius 1 is 0.463 bits per heavy atom. The Hall–Kier alpha value is -2.31. The Balaban J connectivity index is 1.26. The van der Waals surface area contributed by atoms with Crippen molar-refractivity contribution in [2.24, 2.45) is 5.73 Å². The number of phosphoric ester groups is 1. The van der Waals surface area contributed by atoms with Crippen LogP contribution in [0, 0.1) is 0 Å². The van der Waals surface area contributed by atoms with Gasteiger partial charge in [0.25, 0.3) is 0 Å². The SMILES string of the molecule is CNC(=O)NCCOP(=O)(O)OC[C@H]1OC(CO)[C@@H](O)C(O[C@@H]2OC(CO)[C@H](O[C@H]3OC(CO)[C@@H](O[C@@H]4OC(CO)[C@H](O)C(O[C@@H]5OC(CO)[C@@H](O)C(O)C5O)C4N)C(O)[C@@H]3O)C(O[C@@H]3OC(CO)[C@@H](O)C(O)C3O)C2NC(C)=O)C1O. The molecule has 0 aliphatic carbocycles. The zero-order valence-electron chi connectivity index (χ0n) is 43.8. The molecule has 18 unspecified atom stereocenters. The average molecular weight is 1230 g/mol. The van der Waals surface area contributed by atoms with Crippen LogP contribution in [0.4, 0.5) is 4.79 Å². The first kappa shape index (κ1) is 68.8. The van der Waals surface area contributed by atoms with E-state index in [2.05, 4.69) is 16.0 Å². The second kappa shape index (κ2) is 30.5. The maximum Gasteiger partial charge on any atom is 0.472 e. The van der Waals surface area contributed by atoms with E-state index >= 15 is 0 Å². The lowest BCUT2D eigenvalue weighted by Crippen LogP contribution is -2.71. The highest BCUT2D eigenvalue weighted by atomic mass is 31.2. The number of carbonyl (C=O) groups is 2. The van der Waals surface area contributed by atoms with E-state index in [0.29, 0.717) is 0 Å². The summed E-state index contributed by atoms with van der Waals surface area (Å²) in [6.45, 7) is -6.90. The molecule has 478 valence electrons. The van der Waals surface area contributed by atoms with Crippen LogP contribution in [0.5, 0.6) is 0 Å². The minimum absolute atomic E-state index is 0.259. The van der Waals surface area contributed by atoms with E-state index in [1.54, 1.807) is 0 Å². The van der Waals surface area contributed by atoms with Gasteiger partial charge in [-0.05, 0) is 0 Å². The van der Waals surface area contributed by atoms with Gasteiger partial charge in [-0.2, -0.15) is 0 Å². The molecule has 0 bridgehead atoms. The van der Waals surface area contributed by atoms with Crippen molar-refractivity contribution in [3.05, 3.63) is 0 Å². The zero-order chi connectivity index (χ0) is 60.7. The van der Waals surface area contributed by atoms with Crippen molar-refractivity contribution in [2.45, 2.75) is 191 Å². The summed E-state index contributed by atoms with van der Waals surface area (Å²) in [7, 11) is -3.66. The Labute approximate surface area is 465 Å². The number of carbonyl (C=O) groups excluding carboxylic acids is 2. The first-order valence-electron chi connectivity index (χ1n) is 25.7. The topological polar surface area (TPSA) is 597 Å². The Morgan fingerprint density at radius 3 is 1.39 bits per heavy atom. The minimum atomic E-state index is -4.98. The fraction of sp³-hybridized carbons (Fsp3) is 0.953. The van der Waals surface area contributed by atoms with E-state index < -0.39 is 257 Å². The van der Waals surface area contributed by atoms with Crippen LogP contribution in [-0.4, -0.2) is 354 Å². The second-order valence-electron chi connectivity index (χ2n) is 19.8. The van der Waals surface area contributed by atoms with Crippen molar-refractivity contribution in [3.8, 4) is 0 Å². The summed E-state index contributed by atoms with van der Waals surface area (Å²) in [6, 6.07) is -4.25. The summed E-state index contributed by atoms with van der Waals surface area (Å²) in [5, 5.41) is 190. The number of hydrogen-bond acceptors (Lipinski definition) is 34. The normalized spacial score (nSPS) is 46.4. The molecule has 0 aromatic carbocycles. The lowest BCUT2D eigenvalue weighted by atomic mass is 9.92. The van der Waals surface area contributed by atoms with Gasteiger partial charge in [-0.25, -0.2) is 9.36 Å². The minimum Gasteiger partial charge on any atom is -0.394 e. The maximum absolute atomic E-state index is 13.1. The number of nitrogens with two attached hydrogens (primary N) is 1. The van der Waals surface area contributed by atoms with Gasteiger partial charge in [-0.1, -0.05) is 0 Å². The number of nitrogens with one attached hydrogen (secondary N) is 3. The van der Waals surface area contributed by atoms with Crippen molar-refractivity contribution < 1.29 is 167 Å². The van der Waals surface area contributed by atoms with Gasteiger partial charge in [0.05, 0.1) is 58.9 Å². The van der Waals surface area contributed by atoms with Crippen LogP contribution in [0.3, 0.4) is 0 Å². The summed E-state index contributed by atoms with van der Waals surface area (Å²) in [5.41, 5.74) is 6.40. The molecular formula is C43H77N4O34P. The summed E-state index contributed by atoms with van der Waals surface area (Å²) >= 11 is 0. The molecule has 0 saturated carbocycles. The molecule has 39 heteroatoms. The van der Waals surface area contributed by atoms with Crippen LogP contribution in [0.1, 0.15) is 6.92 Å². The van der Waals surface area contributed by atoms with Crippen LogP contribution in [0.25, 0.3) is 0 Å². The quantitative estimate of drug-likeness (QED) is 0.0315. The van der Waals surface area contributed by atoms with Gasteiger partial charge in [-0.15, -0.1) is 0 Å². The predicted octanol–water partition coefficient (Wildman–Crippen LogP) is -13.9.